The summed E-state index contributed by atoms with van der Waals surface area (Å²) in [5.74, 6) is -0.896. The minimum atomic E-state index is -4.07. The second-order valence-corrected chi connectivity index (χ2v) is 9.23. The van der Waals surface area contributed by atoms with Gasteiger partial charge >= 0.3 is 0 Å². The van der Waals surface area contributed by atoms with Gasteiger partial charge in [-0.2, -0.15) is 4.31 Å². The quantitative estimate of drug-likeness (QED) is 0.724. The summed E-state index contributed by atoms with van der Waals surface area (Å²) in [6.45, 7) is 1.10. The fourth-order valence-electron chi connectivity index (χ4n) is 3.84. The van der Waals surface area contributed by atoms with Crippen molar-refractivity contribution in [2.75, 3.05) is 19.6 Å². The molecule has 29 heavy (non-hydrogen) atoms. The number of benzene rings is 1. The van der Waals surface area contributed by atoms with Gasteiger partial charge in [-0.15, -0.1) is 5.10 Å². The average molecular weight is 425 g/mol. The minimum absolute atomic E-state index is 0.0101. The Morgan fingerprint density at radius 3 is 2.72 bits per heavy atom. The van der Waals surface area contributed by atoms with Crippen LogP contribution in [0.4, 0.5) is 8.78 Å². The van der Waals surface area contributed by atoms with Crippen LogP contribution in [0.5, 0.6) is 0 Å². The Hall–Kier alpha value is -2.40. The number of aromatic nitrogens is 3. The van der Waals surface area contributed by atoms with Crippen LogP contribution in [-0.2, 0) is 16.6 Å². The first-order valence-electron chi connectivity index (χ1n) is 9.45. The van der Waals surface area contributed by atoms with Gasteiger partial charge in [-0.25, -0.2) is 17.2 Å². The summed E-state index contributed by atoms with van der Waals surface area (Å²) in [5.41, 5.74) is 0.182. The van der Waals surface area contributed by atoms with E-state index in [-0.39, 0.29) is 36.0 Å². The maximum atomic E-state index is 14.1. The largest absolute Gasteiger partial charge is 0.337 e. The number of rotatable bonds is 5. The second kappa shape index (κ2) is 7.79. The van der Waals surface area contributed by atoms with Gasteiger partial charge in [-0.05, 0) is 37.5 Å². The van der Waals surface area contributed by atoms with Crippen LogP contribution in [0.1, 0.15) is 29.8 Å². The van der Waals surface area contributed by atoms with Crippen LogP contribution in [0, 0.1) is 5.82 Å². The molecule has 3 heterocycles. The Balaban J connectivity index is 1.52. The Labute approximate surface area is 167 Å². The monoisotopic (exact) mass is 425 g/mol. The summed E-state index contributed by atoms with van der Waals surface area (Å²) in [6, 6.07) is 3.93. The number of halogens is 2. The van der Waals surface area contributed by atoms with Crippen molar-refractivity contribution in [3.8, 4) is 0 Å². The third-order valence-electron chi connectivity index (χ3n) is 5.26. The summed E-state index contributed by atoms with van der Waals surface area (Å²) >= 11 is 0. The molecule has 1 aromatic carbocycles. The zero-order chi connectivity index (χ0) is 20.6. The van der Waals surface area contributed by atoms with Crippen molar-refractivity contribution >= 4 is 15.9 Å². The summed E-state index contributed by atoms with van der Waals surface area (Å²) in [5, 5.41) is 7.80. The van der Waals surface area contributed by atoms with E-state index in [1.165, 1.54) is 23.0 Å². The number of alkyl halides is 1. The predicted octanol–water partition coefficient (Wildman–Crippen LogP) is 1.45. The third-order valence-corrected chi connectivity index (χ3v) is 7.18. The molecule has 2 aromatic rings. The minimum Gasteiger partial charge on any atom is -0.337 e. The van der Waals surface area contributed by atoms with Crippen molar-refractivity contribution in [2.24, 2.45) is 0 Å². The Morgan fingerprint density at radius 2 is 2.00 bits per heavy atom. The van der Waals surface area contributed by atoms with Gasteiger partial charge in [0.25, 0.3) is 5.91 Å². The Kier molecular flexibility index (Phi) is 5.34. The van der Waals surface area contributed by atoms with Crippen LogP contribution >= 0.6 is 0 Å². The van der Waals surface area contributed by atoms with Crippen molar-refractivity contribution in [1.82, 2.24) is 24.2 Å². The highest BCUT2D eigenvalue weighted by molar-refractivity contribution is 7.89. The van der Waals surface area contributed by atoms with Crippen molar-refractivity contribution in [1.29, 1.82) is 0 Å². The highest BCUT2D eigenvalue weighted by Crippen LogP contribution is 2.29. The number of hydrogen-bond donors (Lipinski definition) is 0. The predicted molar refractivity (Wildman–Crippen MR) is 98.8 cm³/mol. The molecule has 1 amide bonds. The number of carbonyl (C=O) groups is 1. The number of hydrogen-bond acceptors (Lipinski definition) is 5. The number of nitrogens with zero attached hydrogens (tertiary/aromatic N) is 5. The lowest BCUT2D eigenvalue weighted by Gasteiger charge is -2.23. The van der Waals surface area contributed by atoms with Gasteiger partial charge in [-0.1, -0.05) is 11.3 Å². The van der Waals surface area contributed by atoms with E-state index in [0.29, 0.717) is 13.1 Å². The van der Waals surface area contributed by atoms with Crippen LogP contribution in [-0.4, -0.2) is 70.4 Å². The summed E-state index contributed by atoms with van der Waals surface area (Å²) < 4.78 is 55.8. The first kappa shape index (κ1) is 19.9. The zero-order valence-corrected chi connectivity index (χ0v) is 16.4. The van der Waals surface area contributed by atoms with Gasteiger partial charge in [0.1, 0.15) is 12.0 Å². The molecule has 1 aromatic heterocycles. The fraction of sp³-hybridized carbons (Fsp3) is 0.500. The molecule has 2 aliphatic heterocycles. The van der Waals surface area contributed by atoms with Crippen LogP contribution in [0.25, 0.3) is 0 Å². The molecule has 2 atom stereocenters. The molecule has 0 N–H and O–H groups in total. The van der Waals surface area contributed by atoms with E-state index in [9.17, 15) is 22.0 Å². The van der Waals surface area contributed by atoms with Crippen molar-refractivity contribution in [3.05, 3.63) is 42.0 Å². The molecule has 0 saturated carbocycles. The van der Waals surface area contributed by atoms with E-state index in [1.807, 2.05) is 0 Å². The highest BCUT2D eigenvalue weighted by Gasteiger charge is 2.41. The zero-order valence-electron chi connectivity index (χ0n) is 15.6. The molecule has 11 heteroatoms. The van der Waals surface area contributed by atoms with E-state index in [0.717, 1.165) is 29.3 Å². The Bertz CT molecular complexity index is 1010. The van der Waals surface area contributed by atoms with Gasteiger partial charge in [0.2, 0.25) is 10.0 Å². The molecule has 0 spiro atoms. The van der Waals surface area contributed by atoms with E-state index in [4.69, 9.17) is 0 Å². The normalized spacial score (nSPS) is 23.0. The SMILES string of the molecule is O=C(c1cn(C[C@@H]2C[C@H](F)CN2S(=O)(=O)c2cccc(F)c2)nn1)N1CCCC1. The van der Waals surface area contributed by atoms with Crippen molar-refractivity contribution in [2.45, 2.75) is 42.9 Å². The standard InChI is InChI=1S/C18H21F2N5O3S/c19-13-4-3-5-16(9-13)29(27,28)25-10-14(20)8-15(25)11-24-12-17(21-22-24)18(26)23-6-1-2-7-23/h3-5,9,12,14-15H,1-2,6-8,10-11H2/t14-,15-/m0/s1. The topological polar surface area (TPSA) is 88.4 Å². The number of carbonyl (C=O) groups excluding carboxylic acids is 1. The molecule has 2 saturated heterocycles. The molecule has 2 aliphatic rings. The fourth-order valence-corrected chi connectivity index (χ4v) is 5.52. The Morgan fingerprint density at radius 1 is 1.24 bits per heavy atom. The number of amides is 1. The lowest BCUT2D eigenvalue weighted by Crippen LogP contribution is -2.38. The van der Waals surface area contributed by atoms with Crippen LogP contribution < -0.4 is 0 Å². The van der Waals surface area contributed by atoms with E-state index in [2.05, 4.69) is 10.3 Å². The molecule has 0 unspecified atom stereocenters. The van der Waals surface area contributed by atoms with Gasteiger partial charge < -0.3 is 4.90 Å². The number of sulfonamides is 1. The third kappa shape index (κ3) is 4.01. The first-order valence-corrected chi connectivity index (χ1v) is 10.9. The lowest BCUT2D eigenvalue weighted by molar-refractivity contribution is 0.0787. The molecular weight excluding hydrogens is 404 g/mol. The van der Waals surface area contributed by atoms with Crippen LogP contribution in [0.15, 0.2) is 35.4 Å². The van der Waals surface area contributed by atoms with Gasteiger partial charge in [0.15, 0.2) is 5.69 Å². The smallest absolute Gasteiger partial charge is 0.276 e. The van der Waals surface area contributed by atoms with Crippen LogP contribution in [0.2, 0.25) is 0 Å². The summed E-state index contributed by atoms with van der Waals surface area (Å²) in [4.78, 5) is 13.9. The molecule has 4 rings (SSSR count). The second-order valence-electron chi connectivity index (χ2n) is 7.34. The molecular formula is C18H21F2N5O3S. The van der Waals surface area contributed by atoms with E-state index in [1.54, 1.807) is 4.90 Å². The van der Waals surface area contributed by atoms with Gasteiger partial charge in [0.05, 0.1) is 17.6 Å². The maximum Gasteiger partial charge on any atom is 0.276 e. The van der Waals surface area contributed by atoms with Crippen molar-refractivity contribution in [3.63, 3.8) is 0 Å². The highest BCUT2D eigenvalue weighted by atomic mass is 32.2. The molecule has 2 fully saturated rings. The molecule has 0 radical (unpaired) electrons. The molecule has 8 nitrogen and oxygen atoms in total. The molecule has 156 valence electrons. The van der Waals surface area contributed by atoms with Crippen LogP contribution in [0.3, 0.4) is 0 Å². The summed E-state index contributed by atoms with van der Waals surface area (Å²) in [7, 11) is -4.07. The molecule has 0 bridgehead atoms. The van der Waals surface area contributed by atoms with Gasteiger partial charge in [-0.3, -0.25) is 9.48 Å². The lowest BCUT2D eigenvalue weighted by atomic mass is 10.2. The van der Waals surface area contributed by atoms with Gasteiger partial charge in [0, 0.05) is 25.7 Å². The summed E-state index contributed by atoms with van der Waals surface area (Å²) in [6.07, 6.45) is 2.01. The first-order chi connectivity index (χ1) is 13.8. The average Bonchev–Trinajstić information content (AvgIpc) is 3.43. The van der Waals surface area contributed by atoms with E-state index >= 15 is 0 Å². The number of likely N-dealkylation sites (tertiary alicyclic amines) is 1. The molecule has 0 aliphatic carbocycles. The van der Waals surface area contributed by atoms with E-state index < -0.39 is 28.1 Å². The van der Waals surface area contributed by atoms with Crippen molar-refractivity contribution < 1.29 is 22.0 Å². The maximum absolute atomic E-state index is 14.1.